The van der Waals surface area contributed by atoms with Gasteiger partial charge in [0.15, 0.2) is 0 Å². The maximum Gasteiger partial charge on any atom is 0.115 e. The van der Waals surface area contributed by atoms with Crippen molar-refractivity contribution >= 4 is 5.69 Å². The summed E-state index contributed by atoms with van der Waals surface area (Å²) >= 11 is 0. The highest BCUT2D eigenvalue weighted by Crippen LogP contribution is 2.28. The molecule has 1 aromatic heterocycles. The molecule has 1 aromatic carbocycles. The number of hydrogen-bond acceptors (Lipinski definition) is 2. The third-order valence-corrected chi connectivity index (χ3v) is 3.37. The summed E-state index contributed by atoms with van der Waals surface area (Å²) in [4.78, 5) is 0. The summed E-state index contributed by atoms with van der Waals surface area (Å²) in [5.74, 6) is 0.561. The molecule has 0 saturated heterocycles. The molecule has 0 saturated carbocycles. The highest BCUT2D eigenvalue weighted by atomic mass is 15.3. The Morgan fingerprint density at radius 3 is 2.25 bits per heavy atom. The lowest BCUT2D eigenvalue weighted by Gasteiger charge is -2.19. The van der Waals surface area contributed by atoms with E-state index in [0.29, 0.717) is 5.92 Å². The van der Waals surface area contributed by atoms with Gasteiger partial charge in [-0.2, -0.15) is 5.10 Å². The lowest BCUT2D eigenvalue weighted by molar-refractivity contribution is 0.484. The summed E-state index contributed by atoms with van der Waals surface area (Å²) in [7, 11) is 0. The average molecular weight is 271 g/mol. The number of hydrogen-bond donors (Lipinski definition) is 1. The Labute approximate surface area is 121 Å². The molecule has 0 aliphatic carbocycles. The fourth-order valence-electron chi connectivity index (χ4n) is 2.26. The van der Waals surface area contributed by atoms with E-state index in [2.05, 4.69) is 64.0 Å². The van der Waals surface area contributed by atoms with Crippen LogP contribution in [0.4, 0.5) is 5.69 Å². The zero-order chi connectivity index (χ0) is 14.9. The van der Waals surface area contributed by atoms with E-state index in [0.717, 1.165) is 23.5 Å². The fourth-order valence-corrected chi connectivity index (χ4v) is 2.26. The zero-order valence-corrected chi connectivity index (χ0v) is 13.1. The predicted molar refractivity (Wildman–Crippen MR) is 85.6 cm³/mol. The largest absolute Gasteiger partial charge is 0.396 e. The minimum absolute atomic E-state index is 0.168. The second kappa shape index (κ2) is 5.31. The molecule has 0 spiro atoms. The van der Waals surface area contributed by atoms with E-state index in [4.69, 9.17) is 5.73 Å². The van der Waals surface area contributed by atoms with Crippen molar-refractivity contribution in [2.45, 2.75) is 46.6 Å². The molecule has 0 aliphatic rings. The van der Waals surface area contributed by atoms with E-state index < -0.39 is 0 Å². The molecule has 20 heavy (non-hydrogen) atoms. The maximum absolute atomic E-state index is 6.09. The van der Waals surface area contributed by atoms with Crippen LogP contribution in [0.15, 0.2) is 30.5 Å². The van der Waals surface area contributed by atoms with Crippen molar-refractivity contribution in [3.8, 4) is 11.3 Å². The van der Waals surface area contributed by atoms with E-state index >= 15 is 0 Å². The average Bonchev–Trinajstić information content (AvgIpc) is 2.68. The standard InChI is InChI=1S/C17H25N3/c1-12(2)10-20-11-15(18)16(19-20)13-6-8-14(9-7-13)17(3,4)5/h6-9,11-12H,10,18H2,1-5H3. The van der Waals surface area contributed by atoms with Gasteiger partial charge in [-0.15, -0.1) is 0 Å². The van der Waals surface area contributed by atoms with Gasteiger partial charge in [0.05, 0.1) is 5.69 Å². The van der Waals surface area contributed by atoms with Gasteiger partial charge in [-0.05, 0) is 16.9 Å². The molecule has 108 valence electrons. The molecule has 1 heterocycles. The Morgan fingerprint density at radius 1 is 1.15 bits per heavy atom. The van der Waals surface area contributed by atoms with Crippen molar-refractivity contribution in [2.75, 3.05) is 5.73 Å². The number of rotatable bonds is 3. The Balaban J connectivity index is 2.30. The molecular weight excluding hydrogens is 246 g/mol. The molecule has 0 radical (unpaired) electrons. The summed E-state index contributed by atoms with van der Waals surface area (Å²) in [5.41, 5.74) is 10.3. The van der Waals surface area contributed by atoms with E-state index in [9.17, 15) is 0 Å². The van der Waals surface area contributed by atoms with Gasteiger partial charge in [0.25, 0.3) is 0 Å². The summed E-state index contributed by atoms with van der Waals surface area (Å²) in [6, 6.07) is 8.55. The van der Waals surface area contributed by atoms with Crippen molar-refractivity contribution in [3.05, 3.63) is 36.0 Å². The van der Waals surface area contributed by atoms with E-state index in [-0.39, 0.29) is 5.41 Å². The van der Waals surface area contributed by atoms with E-state index in [1.54, 1.807) is 0 Å². The third kappa shape index (κ3) is 3.21. The van der Waals surface area contributed by atoms with Gasteiger partial charge in [-0.3, -0.25) is 4.68 Å². The summed E-state index contributed by atoms with van der Waals surface area (Å²) in [6.45, 7) is 11.9. The first-order valence-electron chi connectivity index (χ1n) is 7.21. The molecule has 3 heteroatoms. The molecular formula is C17H25N3. The molecule has 0 atom stereocenters. The van der Waals surface area contributed by atoms with E-state index in [1.165, 1.54) is 5.56 Å². The van der Waals surface area contributed by atoms with Crippen LogP contribution in [0.25, 0.3) is 11.3 Å². The minimum atomic E-state index is 0.168. The molecule has 2 aromatic rings. The van der Waals surface area contributed by atoms with Crippen LogP contribution in [-0.4, -0.2) is 9.78 Å². The summed E-state index contributed by atoms with van der Waals surface area (Å²) < 4.78 is 1.94. The van der Waals surface area contributed by atoms with Crippen LogP contribution in [0.1, 0.15) is 40.2 Å². The van der Waals surface area contributed by atoms with Crippen LogP contribution in [-0.2, 0) is 12.0 Å². The summed E-state index contributed by atoms with van der Waals surface area (Å²) in [6.07, 6.45) is 1.92. The lowest BCUT2D eigenvalue weighted by Crippen LogP contribution is -2.10. The van der Waals surface area contributed by atoms with Gasteiger partial charge in [0, 0.05) is 18.3 Å². The van der Waals surface area contributed by atoms with Crippen molar-refractivity contribution in [1.82, 2.24) is 9.78 Å². The number of benzene rings is 1. The minimum Gasteiger partial charge on any atom is -0.396 e. The molecule has 2 N–H and O–H groups in total. The molecule has 2 rings (SSSR count). The molecule has 0 aliphatic heterocycles. The number of nitrogens with two attached hydrogens (primary N) is 1. The second-order valence-corrected chi connectivity index (χ2v) is 6.88. The Morgan fingerprint density at radius 2 is 1.75 bits per heavy atom. The van der Waals surface area contributed by atoms with Crippen molar-refractivity contribution < 1.29 is 0 Å². The topological polar surface area (TPSA) is 43.8 Å². The van der Waals surface area contributed by atoms with Crippen LogP contribution >= 0.6 is 0 Å². The van der Waals surface area contributed by atoms with Crippen molar-refractivity contribution in [3.63, 3.8) is 0 Å². The van der Waals surface area contributed by atoms with E-state index in [1.807, 2.05) is 10.9 Å². The predicted octanol–water partition coefficient (Wildman–Crippen LogP) is 4.09. The molecule has 0 unspecified atom stereocenters. The quantitative estimate of drug-likeness (QED) is 0.914. The van der Waals surface area contributed by atoms with Gasteiger partial charge in [0.2, 0.25) is 0 Å². The van der Waals surface area contributed by atoms with Gasteiger partial charge < -0.3 is 5.73 Å². The van der Waals surface area contributed by atoms with Gasteiger partial charge in [-0.1, -0.05) is 58.9 Å². The van der Waals surface area contributed by atoms with Crippen LogP contribution in [0.5, 0.6) is 0 Å². The Kier molecular flexibility index (Phi) is 3.89. The normalized spacial score (nSPS) is 12.1. The van der Waals surface area contributed by atoms with Crippen LogP contribution in [0.3, 0.4) is 0 Å². The number of aromatic nitrogens is 2. The van der Waals surface area contributed by atoms with Crippen molar-refractivity contribution in [2.24, 2.45) is 5.92 Å². The first-order valence-corrected chi connectivity index (χ1v) is 7.21. The Bertz CT molecular complexity index is 571. The lowest BCUT2D eigenvalue weighted by atomic mass is 9.86. The summed E-state index contributed by atoms with van der Waals surface area (Å²) in [5, 5.41) is 4.60. The molecule has 0 bridgehead atoms. The number of anilines is 1. The fraction of sp³-hybridized carbons (Fsp3) is 0.471. The highest BCUT2D eigenvalue weighted by molar-refractivity contribution is 5.72. The first-order chi connectivity index (χ1) is 9.27. The highest BCUT2D eigenvalue weighted by Gasteiger charge is 2.14. The first kappa shape index (κ1) is 14.6. The number of nitrogen functional groups attached to an aromatic ring is 1. The second-order valence-electron chi connectivity index (χ2n) is 6.88. The smallest absolute Gasteiger partial charge is 0.115 e. The molecule has 3 nitrogen and oxygen atoms in total. The molecule has 0 amide bonds. The third-order valence-electron chi connectivity index (χ3n) is 3.37. The number of nitrogens with zero attached hydrogens (tertiary/aromatic N) is 2. The van der Waals surface area contributed by atoms with Crippen LogP contribution in [0, 0.1) is 5.92 Å². The van der Waals surface area contributed by atoms with Crippen LogP contribution < -0.4 is 5.73 Å². The van der Waals surface area contributed by atoms with Gasteiger partial charge >= 0.3 is 0 Å². The van der Waals surface area contributed by atoms with Gasteiger partial charge in [-0.25, -0.2) is 0 Å². The SMILES string of the molecule is CC(C)Cn1cc(N)c(-c2ccc(C(C)(C)C)cc2)n1. The van der Waals surface area contributed by atoms with Crippen LogP contribution in [0.2, 0.25) is 0 Å². The zero-order valence-electron chi connectivity index (χ0n) is 13.1. The monoisotopic (exact) mass is 271 g/mol. The van der Waals surface area contributed by atoms with Gasteiger partial charge in [0.1, 0.15) is 5.69 Å². The maximum atomic E-state index is 6.09. The van der Waals surface area contributed by atoms with Crippen molar-refractivity contribution in [1.29, 1.82) is 0 Å². The Hall–Kier alpha value is -1.77. The molecule has 0 fully saturated rings.